The van der Waals surface area contributed by atoms with Crippen LogP contribution in [0.3, 0.4) is 0 Å². The van der Waals surface area contributed by atoms with Crippen LogP contribution in [0.4, 0.5) is 5.82 Å². The maximum atomic E-state index is 13.1. The van der Waals surface area contributed by atoms with E-state index in [4.69, 9.17) is 16.1 Å². The lowest BCUT2D eigenvalue weighted by Gasteiger charge is -2.34. The molecule has 1 N–H and O–H groups in total. The molecule has 0 bridgehead atoms. The van der Waals surface area contributed by atoms with Crippen LogP contribution in [-0.2, 0) is 4.79 Å². The van der Waals surface area contributed by atoms with Crippen molar-refractivity contribution in [2.45, 2.75) is 13.8 Å². The fourth-order valence-electron chi connectivity index (χ4n) is 3.61. The monoisotopic (exact) mass is 470 g/mol. The predicted octanol–water partition coefficient (Wildman–Crippen LogP) is 1.89. The Balaban J connectivity index is 1.40. The van der Waals surface area contributed by atoms with Crippen LogP contribution < -0.4 is 10.7 Å². The van der Waals surface area contributed by atoms with Gasteiger partial charge in [0.2, 0.25) is 11.3 Å². The summed E-state index contributed by atoms with van der Waals surface area (Å²) in [7, 11) is 0. The van der Waals surface area contributed by atoms with Gasteiger partial charge in [0.25, 0.3) is 5.91 Å². The number of piperazine rings is 1. The standard InChI is InChI=1S/C22H23ClN6O4/c1-14-11-18(30)21(25-29(14)17-5-3-16(23)4-6-17)22(32)28-9-7-27(8-10-28)13-20(31)24-19-12-15(2)33-26-19/h3-6,11-12H,7-10,13H2,1-2H3,(H,24,26,31). The first-order chi connectivity index (χ1) is 15.8. The molecule has 4 rings (SSSR count). The van der Waals surface area contributed by atoms with Crippen molar-refractivity contribution in [2.24, 2.45) is 0 Å². The zero-order chi connectivity index (χ0) is 23.5. The van der Waals surface area contributed by atoms with E-state index >= 15 is 0 Å². The van der Waals surface area contributed by atoms with Gasteiger partial charge in [0.1, 0.15) is 5.76 Å². The number of amides is 2. The van der Waals surface area contributed by atoms with E-state index in [-0.39, 0.29) is 18.1 Å². The van der Waals surface area contributed by atoms with Crippen molar-refractivity contribution >= 4 is 29.2 Å². The summed E-state index contributed by atoms with van der Waals surface area (Å²) >= 11 is 5.96. The fraction of sp³-hybridized carbons (Fsp3) is 0.318. The molecule has 11 heteroatoms. The molecule has 1 fully saturated rings. The van der Waals surface area contributed by atoms with E-state index in [0.29, 0.717) is 54.2 Å². The van der Waals surface area contributed by atoms with Gasteiger partial charge < -0.3 is 14.7 Å². The van der Waals surface area contributed by atoms with Crippen LogP contribution in [0.5, 0.6) is 0 Å². The van der Waals surface area contributed by atoms with Gasteiger partial charge in [-0.1, -0.05) is 16.8 Å². The molecule has 1 saturated heterocycles. The Morgan fingerprint density at radius 3 is 2.42 bits per heavy atom. The van der Waals surface area contributed by atoms with Crippen molar-refractivity contribution in [1.82, 2.24) is 24.7 Å². The molecule has 2 aromatic heterocycles. The summed E-state index contributed by atoms with van der Waals surface area (Å²) in [6, 6.07) is 10.0. The van der Waals surface area contributed by atoms with Gasteiger partial charge in [0.05, 0.1) is 12.2 Å². The van der Waals surface area contributed by atoms with E-state index in [2.05, 4.69) is 15.6 Å². The lowest BCUT2D eigenvalue weighted by atomic mass is 10.2. The Morgan fingerprint density at radius 1 is 1.09 bits per heavy atom. The lowest BCUT2D eigenvalue weighted by molar-refractivity contribution is -0.117. The fourth-order valence-corrected chi connectivity index (χ4v) is 3.73. The number of aromatic nitrogens is 3. The Kier molecular flexibility index (Phi) is 6.57. The normalized spacial score (nSPS) is 14.3. The van der Waals surface area contributed by atoms with Gasteiger partial charge in [-0.05, 0) is 38.1 Å². The molecule has 0 unspecified atom stereocenters. The van der Waals surface area contributed by atoms with Crippen LogP contribution in [-0.4, -0.2) is 69.3 Å². The number of carbonyl (C=O) groups is 2. The minimum atomic E-state index is -0.426. The highest BCUT2D eigenvalue weighted by Gasteiger charge is 2.26. The van der Waals surface area contributed by atoms with Crippen molar-refractivity contribution in [3.63, 3.8) is 0 Å². The van der Waals surface area contributed by atoms with Crippen molar-refractivity contribution in [1.29, 1.82) is 0 Å². The molecular weight excluding hydrogens is 448 g/mol. The highest BCUT2D eigenvalue weighted by molar-refractivity contribution is 6.30. The molecule has 10 nitrogen and oxygen atoms in total. The molecular formula is C22H23ClN6O4. The smallest absolute Gasteiger partial charge is 0.278 e. The third-order valence-corrected chi connectivity index (χ3v) is 5.56. The molecule has 1 aliphatic heterocycles. The molecule has 172 valence electrons. The molecule has 2 amide bonds. The second-order valence-corrected chi connectivity index (χ2v) is 8.26. The molecule has 0 atom stereocenters. The molecule has 0 saturated carbocycles. The van der Waals surface area contributed by atoms with Gasteiger partial charge in [0.15, 0.2) is 11.5 Å². The number of halogens is 1. The highest BCUT2D eigenvalue weighted by atomic mass is 35.5. The summed E-state index contributed by atoms with van der Waals surface area (Å²) in [5.41, 5.74) is 0.747. The quantitative estimate of drug-likeness (QED) is 0.605. The first-order valence-electron chi connectivity index (χ1n) is 10.4. The Bertz CT molecular complexity index is 1230. The zero-order valence-electron chi connectivity index (χ0n) is 18.2. The molecule has 1 aromatic carbocycles. The number of anilines is 1. The van der Waals surface area contributed by atoms with E-state index in [1.165, 1.54) is 6.07 Å². The van der Waals surface area contributed by atoms with E-state index in [1.807, 2.05) is 4.90 Å². The average molecular weight is 471 g/mol. The summed E-state index contributed by atoms with van der Waals surface area (Å²) in [6.07, 6.45) is 0. The van der Waals surface area contributed by atoms with Crippen LogP contribution >= 0.6 is 11.6 Å². The summed E-state index contributed by atoms with van der Waals surface area (Å²) in [5.74, 6) is 0.338. The first kappa shape index (κ1) is 22.7. The third kappa shape index (κ3) is 5.29. The van der Waals surface area contributed by atoms with Gasteiger partial charge in [-0.2, -0.15) is 5.10 Å². The van der Waals surface area contributed by atoms with Crippen LogP contribution in [0.2, 0.25) is 5.02 Å². The van der Waals surface area contributed by atoms with E-state index in [0.717, 1.165) is 0 Å². The second kappa shape index (κ2) is 9.55. The molecule has 0 spiro atoms. The minimum absolute atomic E-state index is 0.136. The SMILES string of the molecule is Cc1cc(NC(=O)CN2CCN(C(=O)c3nn(-c4ccc(Cl)cc4)c(C)cc3=O)CC2)no1. The largest absolute Gasteiger partial charge is 0.360 e. The number of nitrogens with one attached hydrogen (secondary N) is 1. The number of carbonyl (C=O) groups excluding carboxylic acids is 2. The van der Waals surface area contributed by atoms with Crippen molar-refractivity contribution in [3.05, 3.63) is 68.8 Å². The molecule has 0 radical (unpaired) electrons. The molecule has 0 aliphatic carbocycles. The molecule has 3 aromatic rings. The van der Waals surface area contributed by atoms with E-state index in [9.17, 15) is 14.4 Å². The number of nitrogens with zero attached hydrogens (tertiary/aromatic N) is 5. The Hall–Kier alpha value is -3.50. The van der Waals surface area contributed by atoms with Gasteiger partial charge in [0, 0.05) is 49.0 Å². The van der Waals surface area contributed by atoms with Crippen LogP contribution in [0.1, 0.15) is 21.9 Å². The average Bonchev–Trinajstić information content (AvgIpc) is 3.19. The number of rotatable bonds is 5. The van der Waals surface area contributed by atoms with Crippen LogP contribution in [0, 0.1) is 13.8 Å². The number of aryl methyl sites for hydroxylation is 2. The third-order valence-electron chi connectivity index (χ3n) is 5.30. The van der Waals surface area contributed by atoms with E-state index < -0.39 is 11.3 Å². The maximum Gasteiger partial charge on any atom is 0.278 e. The molecule has 3 heterocycles. The number of hydrogen-bond acceptors (Lipinski definition) is 7. The lowest BCUT2D eigenvalue weighted by Crippen LogP contribution is -2.51. The van der Waals surface area contributed by atoms with Gasteiger partial charge in [-0.15, -0.1) is 0 Å². The predicted molar refractivity (Wildman–Crippen MR) is 122 cm³/mol. The topological polar surface area (TPSA) is 114 Å². The van der Waals surface area contributed by atoms with Gasteiger partial charge >= 0.3 is 0 Å². The minimum Gasteiger partial charge on any atom is -0.360 e. The Morgan fingerprint density at radius 2 is 1.79 bits per heavy atom. The van der Waals surface area contributed by atoms with Crippen LogP contribution in [0.25, 0.3) is 5.69 Å². The first-order valence-corrected chi connectivity index (χ1v) is 10.8. The maximum absolute atomic E-state index is 13.1. The molecule has 1 aliphatic rings. The van der Waals surface area contributed by atoms with Gasteiger partial charge in [-0.25, -0.2) is 4.68 Å². The second-order valence-electron chi connectivity index (χ2n) is 7.83. The zero-order valence-corrected chi connectivity index (χ0v) is 19.0. The summed E-state index contributed by atoms with van der Waals surface area (Å²) in [6.45, 7) is 5.41. The summed E-state index contributed by atoms with van der Waals surface area (Å²) in [5, 5.41) is 11.3. The van der Waals surface area contributed by atoms with Crippen molar-refractivity contribution in [3.8, 4) is 5.69 Å². The Labute approximate surface area is 194 Å². The number of hydrogen-bond donors (Lipinski definition) is 1. The van der Waals surface area contributed by atoms with Crippen LogP contribution in [0.15, 0.2) is 45.7 Å². The summed E-state index contributed by atoms with van der Waals surface area (Å²) in [4.78, 5) is 41.3. The summed E-state index contributed by atoms with van der Waals surface area (Å²) < 4.78 is 6.49. The van der Waals surface area contributed by atoms with Crippen molar-refractivity contribution < 1.29 is 14.1 Å². The number of benzene rings is 1. The molecule has 33 heavy (non-hydrogen) atoms. The van der Waals surface area contributed by atoms with E-state index in [1.54, 1.807) is 53.8 Å². The van der Waals surface area contributed by atoms with Crippen molar-refractivity contribution in [2.75, 3.05) is 38.0 Å². The van der Waals surface area contributed by atoms with Gasteiger partial charge in [-0.3, -0.25) is 19.3 Å². The highest BCUT2D eigenvalue weighted by Crippen LogP contribution is 2.14.